The summed E-state index contributed by atoms with van der Waals surface area (Å²) in [5, 5.41) is 3.26. The number of hydrogen-bond donors (Lipinski definition) is 1. The van der Waals surface area contributed by atoms with Gasteiger partial charge in [0.05, 0.1) is 30.0 Å². The molecule has 0 bridgehead atoms. The molecule has 1 N–H and O–H groups in total. The van der Waals surface area contributed by atoms with Gasteiger partial charge in [-0.2, -0.15) is 0 Å². The molecule has 3 aromatic rings. The molecule has 192 valence electrons. The van der Waals surface area contributed by atoms with Crippen LogP contribution in [0.4, 0.5) is 0 Å². The molecule has 2 aliphatic heterocycles. The molecule has 0 unspecified atom stereocenters. The zero-order chi connectivity index (χ0) is 26.0. The van der Waals surface area contributed by atoms with Gasteiger partial charge in [-0.25, -0.2) is 0 Å². The van der Waals surface area contributed by atoms with Crippen molar-refractivity contribution < 1.29 is 23.5 Å². The van der Waals surface area contributed by atoms with Gasteiger partial charge in [0, 0.05) is 31.5 Å². The zero-order valence-electron chi connectivity index (χ0n) is 20.5. The van der Waals surface area contributed by atoms with E-state index in [2.05, 4.69) is 5.32 Å². The fourth-order valence-corrected chi connectivity index (χ4v) is 5.19. The lowest BCUT2D eigenvalue weighted by molar-refractivity contribution is -0.128. The standard InChI is InChI=1S/C28H28ClN3O5/c1-19-8-10-20(11-9-19)26(34)32-24(25(33)30-17-21-5-4-16-36-21)18-37-28(32)12-14-31(15-13-28)27(35)22-6-2-3-7-23(22)29/h2-11,16,24H,12-15,17-18H2,1H3,(H,30,33)/t24-/m1/s1. The smallest absolute Gasteiger partial charge is 0.256 e. The number of carbonyl (C=O) groups is 3. The molecule has 2 aromatic carbocycles. The number of likely N-dealkylation sites (tertiary alicyclic amines) is 1. The molecule has 37 heavy (non-hydrogen) atoms. The molecule has 0 radical (unpaired) electrons. The van der Waals surface area contributed by atoms with Gasteiger partial charge in [0.1, 0.15) is 17.5 Å². The quantitative estimate of drug-likeness (QED) is 0.547. The molecule has 1 spiro atoms. The highest BCUT2D eigenvalue weighted by atomic mass is 35.5. The Labute approximate surface area is 220 Å². The van der Waals surface area contributed by atoms with Crippen molar-refractivity contribution in [1.29, 1.82) is 0 Å². The van der Waals surface area contributed by atoms with Gasteiger partial charge < -0.3 is 19.4 Å². The van der Waals surface area contributed by atoms with Crippen LogP contribution in [0.25, 0.3) is 0 Å². The number of halogens is 1. The Bertz CT molecular complexity index is 1280. The topological polar surface area (TPSA) is 92.1 Å². The first-order valence-electron chi connectivity index (χ1n) is 12.3. The summed E-state index contributed by atoms with van der Waals surface area (Å²) >= 11 is 6.25. The third-order valence-electron chi connectivity index (χ3n) is 7.03. The van der Waals surface area contributed by atoms with Gasteiger partial charge in [0.15, 0.2) is 0 Å². The van der Waals surface area contributed by atoms with Gasteiger partial charge in [0.25, 0.3) is 11.8 Å². The summed E-state index contributed by atoms with van der Waals surface area (Å²) in [7, 11) is 0. The number of hydrogen-bond acceptors (Lipinski definition) is 5. The number of nitrogens with zero attached hydrogens (tertiary/aromatic N) is 2. The van der Waals surface area contributed by atoms with Crippen LogP contribution in [0.2, 0.25) is 5.02 Å². The summed E-state index contributed by atoms with van der Waals surface area (Å²) in [6.07, 6.45) is 2.30. The molecule has 1 atom stereocenters. The van der Waals surface area contributed by atoms with Gasteiger partial charge in [-0.15, -0.1) is 0 Å². The summed E-state index contributed by atoms with van der Waals surface area (Å²) in [6, 6.07) is 16.9. The second-order valence-electron chi connectivity index (χ2n) is 9.38. The van der Waals surface area contributed by atoms with Crippen molar-refractivity contribution in [2.45, 2.75) is 38.1 Å². The number of carbonyl (C=O) groups excluding carboxylic acids is 3. The van der Waals surface area contributed by atoms with E-state index in [-0.39, 0.29) is 30.9 Å². The highest BCUT2D eigenvalue weighted by Gasteiger charge is 2.54. The average Bonchev–Trinajstić information content (AvgIpc) is 3.56. The van der Waals surface area contributed by atoms with Crippen LogP contribution in [0.15, 0.2) is 71.3 Å². The molecule has 1 aromatic heterocycles. The number of nitrogens with one attached hydrogen (secondary N) is 1. The van der Waals surface area contributed by atoms with Crippen molar-refractivity contribution in [3.05, 3.63) is 94.4 Å². The summed E-state index contributed by atoms with van der Waals surface area (Å²) in [5.74, 6) is -0.141. The van der Waals surface area contributed by atoms with E-state index in [0.29, 0.717) is 47.8 Å². The fourth-order valence-electron chi connectivity index (χ4n) is 4.97. The molecule has 3 heterocycles. The molecule has 0 aliphatic carbocycles. The van der Waals surface area contributed by atoms with E-state index in [1.165, 1.54) is 0 Å². The second-order valence-corrected chi connectivity index (χ2v) is 9.79. The van der Waals surface area contributed by atoms with Gasteiger partial charge in [-0.05, 0) is 43.3 Å². The van der Waals surface area contributed by atoms with Crippen molar-refractivity contribution in [2.75, 3.05) is 19.7 Å². The number of furan rings is 1. The highest BCUT2D eigenvalue weighted by Crippen LogP contribution is 2.39. The third kappa shape index (κ3) is 4.99. The predicted octanol–water partition coefficient (Wildman–Crippen LogP) is 4.03. The Hall–Kier alpha value is -3.62. The van der Waals surface area contributed by atoms with Crippen LogP contribution in [-0.4, -0.2) is 59.0 Å². The lowest BCUT2D eigenvalue weighted by Gasteiger charge is -2.44. The largest absolute Gasteiger partial charge is 0.467 e. The van der Waals surface area contributed by atoms with Crippen LogP contribution in [0, 0.1) is 6.92 Å². The van der Waals surface area contributed by atoms with Crippen LogP contribution in [-0.2, 0) is 16.1 Å². The van der Waals surface area contributed by atoms with E-state index in [1.807, 2.05) is 19.1 Å². The van der Waals surface area contributed by atoms with E-state index in [1.54, 1.807) is 64.6 Å². The molecule has 3 amide bonds. The first-order chi connectivity index (χ1) is 17.9. The minimum atomic E-state index is -0.994. The Balaban J connectivity index is 1.37. The van der Waals surface area contributed by atoms with Crippen molar-refractivity contribution in [3.63, 3.8) is 0 Å². The van der Waals surface area contributed by atoms with E-state index in [0.717, 1.165) is 5.56 Å². The Morgan fingerprint density at radius 1 is 1.00 bits per heavy atom. The SMILES string of the molecule is Cc1ccc(C(=O)N2[C@@H](C(=O)NCc3ccco3)COC23CCN(C(=O)c2ccccc2Cl)CC3)cc1. The van der Waals surface area contributed by atoms with E-state index in [4.69, 9.17) is 20.8 Å². The number of aryl methyl sites for hydroxylation is 1. The molecule has 2 fully saturated rings. The molecule has 0 saturated carbocycles. The summed E-state index contributed by atoms with van der Waals surface area (Å²) < 4.78 is 11.6. The third-order valence-corrected chi connectivity index (χ3v) is 7.36. The Morgan fingerprint density at radius 3 is 2.41 bits per heavy atom. The van der Waals surface area contributed by atoms with Crippen LogP contribution >= 0.6 is 11.6 Å². The van der Waals surface area contributed by atoms with Gasteiger partial charge in [-0.1, -0.05) is 41.4 Å². The maximum absolute atomic E-state index is 13.8. The van der Waals surface area contributed by atoms with Gasteiger partial charge in [0.2, 0.25) is 5.91 Å². The normalized spacial score (nSPS) is 18.7. The van der Waals surface area contributed by atoms with Crippen LogP contribution in [0.3, 0.4) is 0 Å². The van der Waals surface area contributed by atoms with Crippen molar-refractivity contribution in [3.8, 4) is 0 Å². The van der Waals surface area contributed by atoms with Crippen LogP contribution in [0.1, 0.15) is 44.9 Å². The number of benzene rings is 2. The van der Waals surface area contributed by atoms with E-state index in [9.17, 15) is 14.4 Å². The predicted molar refractivity (Wildman–Crippen MR) is 137 cm³/mol. The van der Waals surface area contributed by atoms with Crippen molar-refractivity contribution in [1.82, 2.24) is 15.1 Å². The van der Waals surface area contributed by atoms with Crippen LogP contribution < -0.4 is 5.32 Å². The first-order valence-corrected chi connectivity index (χ1v) is 12.6. The minimum absolute atomic E-state index is 0.0695. The maximum Gasteiger partial charge on any atom is 0.256 e. The monoisotopic (exact) mass is 521 g/mol. The number of amides is 3. The molecule has 2 saturated heterocycles. The Morgan fingerprint density at radius 2 is 1.73 bits per heavy atom. The Kier molecular flexibility index (Phi) is 7.04. The lowest BCUT2D eigenvalue weighted by atomic mass is 9.96. The molecular formula is C28H28ClN3O5. The number of ether oxygens (including phenoxy) is 1. The molecule has 9 heteroatoms. The average molecular weight is 522 g/mol. The first kappa shape index (κ1) is 25.0. The zero-order valence-corrected chi connectivity index (χ0v) is 21.2. The summed E-state index contributed by atoms with van der Waals surface area (Å²) in [5.41, 5.74) is 0.957. The molecule has 8 nitrogen and oxygen atoms in total. The molecule has 5 rings (SSSR count). The fraction of sp³-hybridized carbons (Fsp3) is 0.321. The molecular weight excluding hydrogens is 494 g/mol. The van der Waals surface area contributed by atoms with Crippen molar-refractivity contribution in [2.24, 2.45) is 0 Å². The second kappa shape index (κ2) is 10.4. The van der Waals surface area contributed by atoms with Crippen LogP contribution in [0.5, 0.6) is 0 Å². The van der Waals surface area contributed by atoms with Gasteiger partial charge >= 0.3 is 0 Å². The lowest BCUT2D eigenvalue weighted by Crippen LogP contribution is -2.59. The van der Waals surface area contributed by atoms with E-state index >= 15 is 0 Å². The van der Waals surface area contributed by atoms with Crippen molar-refractivity contribution >= 4 is 29.3 Å². The number of rotatable bonds is 5. The summed E-state index contributed by atoms with van der Waals surface area (Å²) in [6.45, 7) is 2.96. The molecule has 2 aliphatic rings. The minimum Gasteiger partial charge on any atom is -0.467 e. The highest BCUT2D eigenvalue weighted by molar-refractivity contribution is 6.33. The van der Waals surface area contributed by atoms with Gasteiger partial charge in [-0.3, -0.25) is 19.3 Å². The number of piperidine rings is 1. The summed E-state index contributed by atoms with van der Waals surface area (Å²) in [4.78, 5) is 43.5. The maximum atomic E-state index is 13.8. The van der Waals surface area contributed by atoms with E-state index < -0.39 is 11.8 Å².